The smallest absolute Gasteiger partial charge is 0.137 e. The van der Waals surface area contributed by atoms with Crippen molar-refractivity contribution in [3.63, 3.8) is 0 Å². The SMILES string of the molecule is Br.CCCCC(O)CCCC.c1nc[nH]n1. The van der Waals surface area contributed by atoms with E-state index < -0.39 is 0 Å². The zero-order valence-electron chi connectivity index (χ0n) is 10.2. The molecule has 2 N–H and O–H groups in total. The standard InChI is InChI=1S/C9H20O.C2H3N3.BrH/c1-3-5-7-9(10)8-6-4-2;1-3-2-5-4-1;/h9-10H,3-8H2,1-2H3;1-2H,(H,3,4,5);1H. The van der Waals surface area contributed by atoms with Crippen molar-refractivity contribution >= 4 is 17.0 Å². The molecule has 0 unspecified atom stereocenters. The molecule has 0 bridgehead atoms. The summed E-state index contributed by atoms with van der Waals surface area (Å²) in [6.07, 6.45) is 9.66. The molecule has 5 heteroatoms. The van der Waals surface area contributed by atoms with Gasteiger partial charge in [-0.1, -0.05) is 39.5 Å². The van der Waals surface area contributed by atoms with Crippen LogP contribution in [0.3, 0.4) is 0 Å². The van der Waals surface area contributed by atoms with Gasteiger partial charge in [0.05, 0.1) is 6.10 Å². The summed E-state index contributed by atoms with van der Waals surface area (Å²) in [5.74, 6) is 0. The van der Waals surface area contributed by atoms with Gasteiger partial charge in [-0.15, -0.1) is 17.0 Å². The molecule has 0 spiro atoms. The molecule has 1 aromatic rings. The molecule has 0 aliphatic rings. The van der Waals surface area contributed by atoms with E-state index >= 15 is 0 Å². The van der Waals surface area contributed by atoms with Gasteiger partial charge in [-0.2, -0.15) is 5.10 Å². The summed E-state index contributed by atoms with van der Waals surface area (Å²) in [7, 11) is 0. The fourth-order valence-electron chi connectivity index (χ4n) is 1.19. The second-order valence-corrected chi connectivity index (χ2v) is 3.59. The molecule has 0 radical (unpaired) electrons. The van der Waals surface area contributed by atoms with Crippen LogP contribution in [0, 0.1) is 0 Å². The first-order valence-electron chi connectivity index (χ1n) is 5.78. The number of nitrogens with zero attached hydrogens (tertiary/aromatic N) is 2. The number of aromatic nitrogens is 3. The fraction of sp³-hybridized carbons (Fsp3) is 0.818. The van der Waals surface area contributed by atoms with E-state index in [1.807, 2.05) is 0 Å². The molecule has 96 valence electrons. The molecule has 16 heavy (non-hydrogen) atoms. The van der Waals surface area contributed by atoms with Gasteiger partial charge >= 0.3 is 0 Å². The van der Waals surface area contributed by atoms with E-state index in [1.54, 1.807) is 0 Å². The molecule has 0 amide bonds. The van der Waals surface area contributed by atoms with E-state index in [0.29, 0.717) is 0 Å². The third kappa shape index (κ3) is 13.6. The summed E-state index contributed by atoms with van der Waals surface area (Å²) in [6.45, 7) is 4.32. The highest BCUT2D eigenvalue weighted by atomic mass is 79.9. The van der Waals surface area contributed by atoms with Crippen molar-refractivity contribution in [1.29, 1.82) is 0 Å². The highest BCUT2D eigenvalue weighted by molar-refractivity contribution is 8.93. The second kappa shape index (κ2) is 14.6. The topological polar surface area (TPSA) is 61.8 Å². The van der Waals surface area contributed by atoms with E-state index in [4.69, 9.17) is 0 Å². The van der Waals surface area contributed by atoms with Gasteiger partial charge in [0.15, 0.2) is 0 Å². The van der Waals surface area contributed by atoms with E-state index in [9.17, 15) is 5.11 Å². The Bertz CT molecular complexity index is 170. The van der Waals surface area contributed by atoms with Crippen LogP contribution in [0.25, 0.3) is 0 Å². The molecule has 1 heterocycles. The molecular formula is C11H24BrN3O. The number of unbranched alkanes of at least 4 members (excludes halogenated alkanes) is 2. The summed E-state index contributed by atoms with van der Waals surface area (Å²) < 4.78 is 0. The minimum atomic E-state index is -0.0279. The van der Waals surface area contributed by atoms with Crippen molar-refractivity contribution < 1.29 is 5.11 Å². The van der Waals surface area contributed by atoms with Gasteiger partial charge in [0, 0.05) is 0 Å². The van der Waals surface area contributed by atoms with Crippen LogP contribution in [-0.2, 0) is 0 Å². The number of aliphatic hydroxyl groups is 1. The van der Waals surface area contributed by atoms with Gasteiger partial charge in [0.25, 0.3) is 0 Å². The van der Waals surface area contributed by atoms with Gasteiger partial charge in [0.1, 0.15) is 12.7 Å². The van der Waals surface area contributed by atoms with E-state index in [2.05, 4.69) is 29.0 Å². The van der Waals surface area contributed by atoms with Gasteiger partial charge in [-0.25, -0.2) is 4.98 Å². The van der Waals surface area contributed by atoms with Crippen molar-refractivity contribution in [3.05, 3.63) is 12.7 Å². The number of rotatable bonds is 6. The van der Waals surface area contributed by atoms with Gasteiger partial charge in [0.2, 0.25) is 0 Å². The Balaban J connectivity index is 0. The first-order chi connectivity index (χ1) is 7.31. The molecule has 0 saturated carbocycles. The molecule has 0 aliphatic carbocycles. The highest BCUT2D eigenvalue weighted by Gasteiger charge is 2.00. The Labute approximate surface area is 109 Å². The number of hydrogen-bond acceptors (Lipinski definition) is 3. The Hall–Kier alpha value is -0.420. The first kappa shape index (κ1) is 18.0. The average molecular weight is 294 g/mol. The Morgan fingerprint density at radius 1 is 1.19 bits per heavy atom. The predicted molar refractivity (Wildman–Crippen MR) is 71.8 cm³/mol. The minimum absolute atomic E-state index is 0. The summed E-state index contributed by atoms with van der Waals surface area (Å²) in [6, 6.07) is 0. The van der Waals surface area contributed by atoms with Crippen LogP contribution in [0.2, 0.25) is 0 Å². The van der Waals surface area contributed by atoms with Crippen LogP contribution >= 0.6 is 17.0 Å². The number of hydrogen-bond donors (Lipinski definition) is 2. The molecule has 1 aromatic heterocycles. The van der Waals surface area contributed by atoms with Crippen LogP contribution in [0.15, 0.2) is 12.7 Å². The van der Waals surface area contributed by atoms with Crippen LogP contribution in [0.1, 0.15) is 52.4 Å². The van der Waals surface area contributed by atoms with Crippen molar-refractivity contribution in [3.8, 4) is 0 Å². The van der Waals surface area contributed by atoms with Gasteiger partial charge in [-0.05, 0) is 12.8 Å². The Kier molecular flexibility index (Phi) is 16.4. The van der Waals surface area contributed by atoms with Crippen LogP contribution in [0.4, 0.5) is 0 Å². The van der Waals surface area contributed by atoms with E-state index in [1.165, 1.54) is 38.3 Å². The largest absolute Gasteiger partial charge is 0.393 e. The lowest BCUT2D eigenvalue weighted by Gasteiger charge is -2.07. The van der Waals surface area contributed by atoms with Crippen molar-refractivity contribution in [1.82, 2.24) is 15.2 Å². The van der Waals surface area contributed by atoms with Crippen molar-refractivity contribution in [2.45, 2.75) is 58.5 Å². The molecule has 4 nitrogen and oxygen atoms in total. The fourth-order valence-corrected chi connectivity index (χ4v) is 1.19. The Morgan fingerprint density at radius 2 is 1.75 bits per heavy atom. The molecule has 0 aliphatic heterocycles. The maximum atomic E-state index is 9.31. The van der Waals surface area contributed by atoms with Gasteiger partial charge < -0.3 is 5.11 Å². The third-order valence-corrected chi connectivity index (χ3v) is 2.11. The van der Waals surface area contributed by atoms with Crippen LogP contribution in [0.5, 0.6) is 0 Å². The maximum absolute atomic E-state index is 9.31. The van der Waals surface area contributed by atoms with Crippen molar-refractivity contribution in [2.24, 2.45) is 0 Å². The zero-order valence-corrected chi connectivity index (χ0v) is 11.9. The molecule has 1 rings (SSSR count). The monoisotopic (exact) mass is 293 g/mol. The van der Waals surface area contributed by atoms with Crippen LogP contribution < -0.4 is 0 Å². The molecular weight excluding hydrogens is 270 g/mol. The number of halogens is 1. The number of H-pyrrole nitrogens is 1. The number of nitrogens with one attached hydrogen (secondary N) is 1. The molecule has 0 atom stereocenters. The summed E-state index contributed by atoms with van der Waals surface area (Å²) in [5.41, 5.74) is 0. The second-order valence-electron chi connectivity index (χ2n) is 3.59. The normalized spacial score (nSPS) is 9.25. The molecule has 0 aromatic carbocycles. The molecule has 0 fully saturated rings. The predicted octanol–water partition coefficient (Wildman–Crippen LogP) is 3.11. The van der Waals surface area contributed by atoms with E-state index in [0.717, 1.165) is 12.8 Å². The lowest BCUT2D eigenvalue weighted by atomic mass is 10.1. The number of aliphatic hydroxyl groups excluding tert-OH is 1. The van der Waals surface area contributed by atoms with Crippen molar-refractivity contribution in [2.75, 3.05) is 0 Å². The number of aromatic amines is 1. The van der Waals surface area contributed by atoms with E-state index in [-0.39, 0.29) is 23.1 Å². The summed E-state index contributed by atoms with van der Waals surface area (Å²) >= 11 is 0. The molecule has 0 saturated heterocycles. The lowest BCUT2D eigenvalue weighted by molar-refractivity contribution is 0.149. The average Bonchev–Trinajstić information content (AvgIpc) is 2.82. The quantitative estimate of drug-likeness (QED) is 0.847. The lowest BCUT2D eigenvalue weighted by Crippen LogP contribution is -2.05. The summed E-state index contributed by atoms with van der Waals surface area (Å²) in [5, 5.41) is 15.3. The zero-order chi connectivity index (χ0) is 11.4. The first-order valence-corrected chi connectivity index (χ1v) is 5.78. The third-order valence-electron chi connectivity index (χ3n) is 2.11. The Morgan fingerprint density at radius 3 is 2.00 bits per heavy atom. The maximum Gasteiger partial charge on any atom is 0.137 e. The van der Waals surface area contributed by atoms with Gasteiger partial charge in [-0.3, -0.25) is 5.10 Å². The minimum Gasteiger partial charge on any atom is -0.393 e. The van der Waals surface area contributed by atoms with Crippen LogP contribution in [-0.4, -0.2) is 26.4 Å². The highest BCUT2D eigenvalue weighted by Crippen LogP contribution is 2.07. The summed E-state index contributed by atoms with van der Waals surface area (Å²) in [4.78, 5) is 3.56.